The van der Waals surface area contributed by atoms with Crippen LogP contribution >= 0.6 is 0 Å². The Morgan fingerprint density at radius 3 is 1.60 bits per heavy atom. The topological polar surface area (TPSA) is 132 Å². The Labute approximate surface area is 134 Å². The zero-order chi connectivity index (χ0) is 20.1. The summed E-state index contributed by atoms with van der Waals surface area (Å²) in [6, 6.07) is 0.732. The van der Waals surface area contributed by atoms with Crippen molar-refractivity contribution in [3.8, 4) is 0 Å². The maximum Gasteiger partial charge on any atom is 0.439 e. The highest BCUT2D eigenvalue weighted by Gasteiger charge is 2.82. The van der Waals surface area contributed by atoms with Crippen LogP contribution in [0.25, 0.3) is 0 Å². The number of halogens is 6. The molecule has 0 saturated carbocycles. The van der Waals surface area contributed by atoms with Crippen molar-refractivity contribution in [2.75, 3.05) is 0 Å². The average Bonchev–Trinajstić information content (AvgIpc) is 2.45. The van der Waals surface area contributed by atoms with Crippen LogP contribution in [-0.4, -0.2) is 42.7 Å². The summed E-state index contributed by atoms with van der Waals surface area (Å²) >= 11 is 0. The van der Waals surface area contributed by atoms with E-state index in [4.69, 9.17) is 4.55 Å². The molecule has 8 nitrogen and oxygen atoms in total. The van der Waals surface area contributed by atoms with E-state index in [-0.39, 0.29) is 12.1 Å². The number of benzene rings is 1. The quantitative estimate of drug-likeness (QED) is 0.324. The largest absolute Gasteiger partial charge is 0.439 e. The van der Waals surface area contributed by atoms with Crippen LogP contribution in [0.1, 0.15) is 0 Å². The monoisotopic (exact) mass is 417 g/mol. The Morgan fingerprint density at radius 1 is 0.880 bits per heavy atom. The van der Waals surface area contributed by atoms with Crippen molar-refractivity contribution >= 4 is 25.6 Å². The lowest BCUT2D eigenvalue weighted by molar-refractivity contribution is -0.384. The molecule has 0 aliphatic rings. The summed E-state index contributed by atoms with van der Waals surface area (Å²) in [6.45, 7) is 0. The second-order valence-electron chi connectivity index (χ2n) is 4.34. The summed E-state index contributed by atoms with van der Waals surface area (Å²) in [5, 5.41) is -3.19. The van der Waals surface area contributed by atoms with Gasteiger partial charge >= 0.3 is 26.5 Å². The Hall–Kier alpha value is -1.94. The third-order valence-corrected chi connectivity index (χ3v) is 5.48. The number of nitro groups is 1. The average molecular weight is 417 g/mol. The normalized spacial score (nSPS) is 14.4. The van der Waals surface area contributed by atoms with Crippen molar-refractivity contribution in [1.29, 1.82) is 0 Å². The number of sulfone groups is 1. The summed E-state index contributed by atoms with van der Waals surface area (Å²) in [7, 11) is -13.8. The Morgan fingerprint density at radius 2 is 1.28 bits per heavy atom. The lowest BCUT2D eigenvalue weighted by Crippen LogP contribution is -2.60. The second kappa shape index (κ2) is 5.80. The van der Waals surface area contributed by atoms with Gasteiger partial charge in [-0.3, -0.25) is 14.7 Å². The van der Waals surface area contributed by atoms with E-state index < -0.39 is 51.9 Å². The molecule has 142 valence electrons. The molecule has 0 fully saturated rings. The molecule has 1 aromatic rings. The van der Waals surface area contributed by atoms with Gasteiger partial charge in [-0.05, 0) is 12.1 Å². The second-order valence-corrected chi connectivity index (χ2v) is 7.79. The molecule has 16 heteroatoms. The Bertz CT molecular complexity index is 895. The SMILES string of the molecule is O=[N+]([O-])c1ccc(S(=O)(=O)C(F)(F)C(F)(F)C(F)(F)S(=O)(=O)O)cc1. The number of alkyl halides is 6. The summed E-state index contributed by atoms with van der Waals surface area (Å²) < 4.78 is 132. The van der Waals surface area contributed by atoms with Crippen LogP contribution < -0.4 is 0 Å². The van der Waals surface area contributed by atoms with E-state index in [1.807, 2.05) is 0 Å². The van der Waals surface area contributed by atoms with Crippen molar-refractivity contribution in [3.05, 3.63) is 34.4 Å². The molecular weight excluding hydrogens is 412 g/mol. The minimum absolute atomic E-state index is 0.0586. The van der Waals surface area contributed by atoms with E-state index in [1.54, 1.807) is 0 Å². The molecule has 0 saturated heterocycles. The van der Waals surface area contributed by atoms with E-state index in [0.29, 0.717) is 12.1 Å². The Balaban J connectivity index is 3.57. The number of hydrogen-bond acceptors (Lipinski definition) is 6. The van der Waals surface area contributed by atoms with E-state index >= 15 is 0 Å². The maximum absolute atomic E-state index is 13.6. The van der Waals surface area contributed by atoms with Crippen LogP contribution in [0.2, 0.25) is 0 Å². The van der Waals surface area contributed by atoms with Gasteiger partial charge in [0.05, 0.1) is 9.82 Å². The zero-order valence-electron chi connectivity index (χ0n) is 11.2. The van der Waals surface area contributed by atoms with E-state index in [2.05, 4.69) is 0 Å². The molecule has 1 rings (SSSR count). The number of rotatable bonds is 6. The molecule has 0 unspecified atom stereocenters. The lowest BCUT2D eigenvalue weighted by Gasteiger charge is -2.30. The van der Waals surface area contributed by atoms with E-state index in [0.717, 1.165) is 0 Å². The summed E-state index contributed by atoms with van der Waals surface area (Å²) in [5.41, 5.74) is -0.836. The van der Waals surface area contributed by atoms with E-state index in [1.165, 1.54) is 0 Å². The molecule has 0 amide bonds. The number of nitro benzene ring substituents is 1. The highest BCUT2D eigenvalue weighted by Crippen LogP contribution is 2.52. The first kappa shape index (κ1) is 21.1. The van der Waals surface area contributed by atoms with Gasteiger partial charge in [-0.25, -0.2) is 8.42 Å². The molecule has 0 atom stereocenters. The molecule has 1 aromatic carbocycles. The van der Waals surface area contributed by atoms with Gasteiger partial charge in [-0.15, -0.1) is 0 Å². The molecule has 0 aliphatic carbocycles. The molecule has 0 aliphatic heterocycles. The Kier molecular flexibility index (Phi) is 4.90. The minimum Gasteiger partial charge on any atom is -0.281 e. The predicted molar refractivity (Wildman–Crippen MR) is 66.7 cm³/mol. The van der Waals surface area contributed by atoms with Gasteiger partial charge < -0.3 is 0 Å². The van der Waals surface area contributed by atoms with Crippen molar-refractivity contribution < 1.29 is 52.7 Å². The number of hydrogen-bond donors (Lipinski definition) is 1. The first-order valence-electron chi connectivity index (χ1n) is 5.51. The fraction of sp³-hybridized carbons (Fsp3) is 0.333. The van der Waals surface area contributed by atoms with Crippen LogP contribution in [0.5, 0.6) is 0 Å². The first-order valence-corrected chi connectivity index (χ1v) is 8.43. The van der Waals surface area contributed by atoms with E-state index in [9.17, 15) is 53.3 Å². The van der Waals surface area contributed by atoms with Gasteiger partial charge in [0.2, 0.25) is 9.84 Å². The third-order valence-electron chi connectivity index (χ3n) is 2.75. The maximum atomic E-state index is 13.6. The molecule has 0 aromatic heterocycles. The van der Waals surface area contributed by atoms with Gasteiger partial charge in [-0.2, -0.15) is 34.8 Å². The summed E-state index contributed by atoms with van der Waals surface area (Å²) in [6.07, 6.45) is 0. The number of nitrogens with zero attached hydrogens (tertiary/aromatic N) is 1. The van der Waals surface area contributed by atoms with Crippen molar-refractivity contribution in [2.45, 2.75) is 21.3 Å². The van der Waals surface area contributed by atoms with Crippen LogP contribution in [0.3, 0.4) is 0 Å². The standard InChI is InChI=1S/C9H5F6NO7S2/c10-7(11,9(14,15)25(21,22)23)8(12,13)24(19,20)6-3-1-5(2-4-6)16(17)18/h1-4H,(H,21,22,23). The van der Waals surface area contributed by atoms with Gasteiger partial charge in [0.15, 0.2) is 0 Å². The van der Waals surface area contributed by atoms with Gasteiger partial charge in [0, 0.05) is 12.1 Å². The molecule has 0 spiro atoms. The van der Waals surface area contributed by atoms with Crippen LogP contribution in [0.15, 0.2) is 29.2 Å². The van der Waals surface area contributed by atoms with Gasteiger partial charge in [0.25, 0.3) is 5.69 Å². The van der Waals surface area contributed by atoms with Crippen LogP contribution in [0.4, 0.5) is 32.0 Å². The van der Waals surface area contributed by atoms with Crippen LogP contribution in [-0.2, 0) is 20.0 Å². The molecule has 1 N–H and O–H groups in total. The fourth-order valence-electron chi connectivity index (χ4n) is 1.40. The minimum atomic E-state index is -7.12. The third kappa shape index (κ3) is 3.04. The molecule has 25 heavy (non-hydrogen) atoms. The van der Waals surface area contributed by atoms with Crippen molar-refractivity contribution in [2.24, 2.45) is 0 Å². The van der Waals surface area contributed by atoms with Crippen LogP contribution in [0, 0.1) is 10.1 Å². The van der Waals surface area contributed by atoms with Gasteiger partial charge in [0.1, 0.15) is 0 Å². The lowest BCUT2D eigenvalue weighted by atomic mass is 10.3. The highest BCUT2D eigenvalue weighted by atomic mass is 32.2. The molecular formula is C9H5F6NO7S2. The van der Waals surface area contributed by atoms with Crippen molar-refractivity contribution in [3.63, 3.8) is 0 Å². The highest BCUT2D eigenvalue weighted by molar-refractivity contribution is 7.92. The summed E-state index contributed by atoms with van der Waals surface area (Å²) in [4.78, 5) is 7.52. The zero-order valence-corrected chi connectivity index (χ0v) is 12.9. The fourth-order valence-corrected chi connectivity index (χ4v) is 3.17. The molecule has 0 radical (unpaired) electrons. The summed E-state index contributed by atoms with van der Waals surface area (Å²) in [5.74, 6) is -7.08. The first-order chi connectivity index (χ1) is 10.9. The smallest absolute Gasteiger partial charge is 0.281 e. The molecule has 0 heterocycles. The van der Waals surface area contributed by atoms with Crippen molar-refractivity contribution in [1.82, 2.24) is 0 Å². The molecule has 0 bridgehead atoms. The predicted octanol–water partition coefficient (Wildman–Crippen LogP) is 2.08. The number of non-ortho nitro benzene ring substituents is 1. The van der Waals surface area contributed by atoms with Gasteiger partial charge in [-0.1, -0.05) is 0 Å².